The summed E-state index contributed by atoms with van der Waals surface area (Å²) >= 11 is 6.17. The molecule has 0 aliphatic rings. The number of halogens is 2. The number of nitrogens with one attached hydrogen (secondary N) is 1. The van der Waals surface area contributed by atoms with Gasteiger partial charge in [-0.25, -0.2) is 4.39 Å². The largest absolute Gasteiger partial charge is 0.482 e. The van der Waals surface area contributed by atoms with Gasteiger partial charge in [-0.05, 0) is 37.1 Å². The first kappa shape index (κ1) is 26.2. The van der Waals surface area contributed by atoms with Gasteiger partial charge in [0.25, 0.3) is 5.91 Å². The zero-order valence-electron chi connectivity index (χ0n) is 19.9. The number of carbonyl (C=O) groups is 2. The topological polar surface area (TPSA) is 58.6 Å². The molecule has 0 heterocycles. The van der Waals surface area contributed by atoms with Gasteiger partial charge in [0.1, 0.15) is 17.6 Å². The molecule has 2 amide bonds. The highest BCUT2D eigenvalue weighted by molar-refractivity contribution is 6.32. The third-order valence-corrected chi connectivity index (χ3v) is 6.07. The second-order valence-corrected chi connectivity index (χ2v) is 8.76. The van der Waals surface area contributed by atoms with Gasteiger partial charge in [0, 0.05) is 24.6 Å². The van der Waals surface area contributed by atoms with Gasteiger partial charge in [-0.3, -0.25) is 9.59 Å². The van der Waals surface area contributed by atoms with E-state index >= 15 is 0 Å². The third-order valence-electron chi connectivity index (χ3n) is 5.76. The maximum Gasteiger partial charge on any atom is 0.261 e. The van der Waals surface area contributed by atoms with Crippen LogP contribution in [0.4, 0.5) is 4.39 Å². The Bertz CT molecular complexity index is 1130. The number of nitrogens with zero attached hydrogens (tertiary/aromatic N) is 1. The average molecular weight is 497 g/mol. The number of amides is 2. The van der Waals surface area contributed by atoms with Crippen molar-refractivity contribution in [1.29, 1.82) is 0 Å². The van der Waals surface area contributed by atoms with Crippen LogP contribution in [-0.2, 0) is 22.6 Å². The van der Waals surface area contributed by atoms with Crippen molar-refractivity contribution in [3.05, 3.63) is 101 Å². The van der Waals surface area contributed by atoms with Crippen LogP contribution in [0.5, 0.6) is 5.75 Å². The van der Waals surface area contributed by atoms with Crippen LogP contribution in [0.1, 0.15) is 31.4 Å². The molecule has 0 aliphatic carbocycles. The number of benzene rings is 3. The van der Waals surface area contributed by atoms with Crippen LogP contribution in [0.2, 0.25) is 5.02 Å². The highest BCUT2D eigenvalue weighted by Crippen LogP contribution is 2.24. The van der Waals surface area contributed by atoms with Crippen LogP contribution < -0.4 is 10.1 Å². The van der Waals surface area contributed by atoms with Crippen molar-refractivity contribution in [1.82, 2.24) is 10.2 Å². The van der Waals surface area contributed by atoms with E-state index in [1.807, 2.05) is 44.2 Å². The van der Waals surface area contributed by atoms with Crippen LogP contribution in [0.25, 0.3) is 0 Å². The summed E-state index contributed by atoms with van der Waals surface area (Å²) in [5.41, 5.74) is 1.20. The molecule has 35 heavy (non-hydrogen) atoms. The number of hydrogen-bond donors (Lipinski definition) is 1. The normalized spacial score (nSPS) is 12.5. The zero-order chi connectivity index (χ0) is 25.2. The zero-order valence-corrected chi connectivity index (χ0v) is 20.7. The molecule has 0 radical (unpaired) electrons. The van der Waals surface area contributed by atoms with E-state index in [0.717, 1.165) is 12.0 Å². The van der Waals surface area contributed by atoms with E-state index < -0.39 is 17.8 Å². The predicted octanol–water partition coefficient (Wildman–Crippen LogP) is 5.41. The molecule has 5 nitrogen and oxygen atoms in total. The van der Waals surface area contributed by atoms with Crippen LogP contribution in [0.3, 0.4) is 0 Å². The molecule has 0 fully saturated rings. The lowest BCUT2D eigenvalue weighted by Gasteiger charge is -2.32. The van der Waals surface area contributed by atoms with Crippen molar-refractivity contribution in [3.8, 4) is 5.75 Å². The van der Waals surface area contributed by atoms with Crippen molar-refractivity contribution in [2.24, 2.45) is 0 Å². The van der Waals surface area contributed by atoms with Crippen molar-refractivity contribution in [2.45, 2.75) is 45.3 Å². The fourth-order valence-electron chi connectivity index (χ4n) is 3.59. The Labute approximate surface area is 210 Å². The molecule has 0 saturated heterocycles. The van der Waals surface area contributed by atoms with Crippen LogP contribution in [-0.4, -0.2) is 35.4 Å². The number of hydrogen-bond acceptors (Lipinski definition) is 3. The van der Waals surface area contributed by atoms with Crippen LogP contribution >= 0.6 is 11.6 Å². The maximum absolute atomic E-state index is 14.6. The van der Waals surface area contributed by atoms with E-state index in [4.69, 9.17) is 16.3 Å². The lowest BCUT2D eigenvalue weighted by molar-refractivity contribution is -0.143. The standard InChI is InChI=1S/C28H30ClFN2O3/c1-3-20(2)31-28(34)25(17-21-11-5-4-6-12-21)32(18-22-13-7-9-15-24(22)30)27(33)19-35-26-16-10-8-14-23(26)29/h4-16,20,25H,3,17-19H2,1-2H3,(H,31,34)/t20-,25-/m0/s1. The number of rotatable bonds is 11. The van der Waals surface area contributed by atoms with Gasteiger partial charge in [0.15, 0.2) is 6.61 Å². The molecule has 3 aromatic carbocycles. The maximum atomic E-state index is 14.6. The Balaban J connectivity index is 1.93. The molecule has 3 aromatic rings. The van der Waals surface area contributed by atoms with Crippen molar-refractivity contribution < 1.29 is 18.7 Å². The monoisotopic (exact) mass is 496 g/mol. The third kappa shape index (κ3) is 7.55. The fraction of sp³-hybridized carbons (Fsp3) is 0.286. The van der Waals surface area contributed by atoms with Gasteiger partial charge in [0.2, 0.25) is 5.91 Å². The van der Waals surface area contributed by atoms with E-state index in [1.165, 1.54) is 11.0 Å². The first-order valence-corrected chi connectivity index (χ1v) is 12.0. The SMILES string of the molecule is CC[C@H](C)NC(=O)[C@H](Cc1ccccc1)N(Cc1ccccc1F)C(=O)COc1ccccc1Cl. The van der Waals surface area contributed by atoms with Gasteiger partial charge in [-0.15, -0.1) is 0 Å². The summed E-state index contributed by atoms with van der Waals surface area (Å²) in [6.07, 6.45) is 1.01. The molecule has 3 rings (SSSR count). The smallest absolute Gasteiger partial charge is 0.261 e. The highest BCUT2D eigenvalue weighted by Gasteiger charge is 2.31. The number of carbonyl (C=O) groups excluding carboxylic acids is 2. The highest BCUT2D eigenvalue weighted by atomic mass is 35.5. The quantitative estimate of drug-likeness (QED) is 0.386. The minimum Gasteiger partial charge on any atom is -0.482 e. The first-order chi connectivity index (χ1) is 16.9. The minimum absolute atomic E-state index is 0.0782. The Kier molecular flexibility index (Phi) is 9.67. The summed E-state index contributed by atoms with van der Waals surface area (Å²) in [6.45, 7) is 3.45. The molecule has 184 valence electrons. The van der Waals surface area contributed by atoms with Crippen molar-refractivity contribution in [3.63, 3.8) is 0 Å². The first-order valence-electron chi connectivity index (χ1n) is 11.6. The molecule has 1 N–H and O–H groups in total. The summed E-state index contributed by atoms with van der Waals surface area (Å²) in [6, 6.07) is 21.6. The molecule has 0 aromatic heterocycles. The molecule has 0 aliphatic heterocycles. The molecule has 0 bridgehead atoms. The summed E-state index contributed by atoms with van der Waals surface area (Å²) in [7, 11) is 0. The lowest BCUT2D eigenvalue weighted by Crippen LogP contribution is -2.53. The predicted molar refractivity (Wildman–Crippen MR) is 136 cm³/mol. The van der Waals surface area contributed by atoms with E-state index in [9.17, 15) is 14.0 Å². The van der Waals surface area contributed by atoms with Gasteiger partial charge in [-0.1, -0.05) is 79.2 Å². The molecule has 0 spiro atoms. The lowest BCUT2D eigenvalue weighted by atomic mass is 10.0. The molecular weight excluding hydrogens is 467 g/mol. The molecule has 0 saturated carbocycles. The number of para-hydroxylation sites is 1. The molecular formula is C28H30ClFN2O3. The number of ether oxygens (including phenoxy) is 1. The summed E-state index contributed by atoms with van der Waals surface area (Å²) in [5, 5.41) is 3.35. The molecule has 0 unspecified atom stereocenters. The van der Waals surface area contributed by atoms with Gasteiger partial charge < -0.3 is 15.0 Å². The van der Waals surface area contributed by atoms with Gasteiger partial charge in [-0.2, -0.15) is 0 Å². The average Bonchev–Trinajstić information content (AvgIpc) is 2.87. The Hall–Kier alpha value is -3.38. The Morgan fingerprint density at radius 3 is 2.34 bits per heavy atom. The Morgan fingerprint density at radius 2 is 1.66 bits per heavy atom. The molecule has 7 heteroatoms. The van der Waals surface area contributed by atoms with Gasteiger partial charge in [0.05, 0.1) is 5.02 Å². The fourth-order valence-corrected chi connectivity index (χ4v) is 3.78. The van der Waals surface area contributed by atoms with Crippen LogP contribution in [0, 0.1) is 5.82 Å². The van der Waals surface area contributed by atoms with Crippen LogP contribution in [0.15, 0.2) is 78.9 Å². The van der Waals surface area contributed by atoms with Gasteiger partial charge >= 0.3 is 0 Å². The van der Waals surface area contributed by atoms with Crippen molar-refractivity contribution in [2.75, 3.05) is 6.61 Å². The minimum atomic E-state index is -0.867. The molecule has 2 atom stereocenters. The summed E-state index contributed by atoms with van der Waals surface area (Å²) in [4.78, 5) is 28.3. The van der Waals surface area contributed by atoms with E-state index in [0.29, 0.717) is 16.3 Å². The van der Waals surface area contributed by atoms with E-state index in [-0.39, 0.29) is 31.5 Å². The van der Waals surface area contributed by atoms with E-state index in [2.05, 4.69) is 5.32 Å². The second kappa shape index (κ2) is 12.9. The van der Waals surface area contributed by atoms with Crippen molar-refractivity contribution >= 4 is 23.4 Å². The second-order valence-electron chi connectivity index (χ2n) is 8.36. The summed E-state index contributed by atoms with van der Waals surface area (Å²) < 4.78 is 20.3. The summed E-state index contributed by atoms with van der Waals surface area (Å²) in [5.74, 6) is -0.839. The van der Waals surface area contributed by atoms with E-state index in [1.54, 1.807) is 42.5 Å². The Morgan fingerprint density at radius 1 is 1.00 bits per heavy atom.